The predicted octanol–water partition coefficient (Wildman–Crippen LogP) is 2.34. The predicted molar refractivity (Wildman–Crippen MR) is 66.5 cm³/mol. The van der Waals surface area contributed by atoms with E-state index in [4.69, 9.17) is 0 Å². The lowest BCUT2D eigenvalue weighted by molar-refractivity contribution is 0.862. The highest BCUT2D eigenvalue weighted by Crippen LogP contribution is 2.19. The van der Waals surface area contributed by atoms with E-state index in [1.165, 1.54) is 0 Å². The summed E-state index contributed by atoms with van der Waals surface area (Å²) < 4.78 is 1.94. The van der Waals surface area contributed by atoms with Crippen LogP contribution >= 0.6 is 0 Å². The molecular weight excluding hydrogens is 212 g/mol. The van der Waals surface area contributed by atoms with Gasteiger partial charge in [-0.3, -0.25) is 0 Å². The van der Waals surface area contributed by atoms with Crippen molar-refractivity contribution in [3.8, 4) is 11.5 Å². The summed E-state index contributed by atoms with van der Waals surface area (Å²) in [5, 5.41) is 9.32. The van der Waals surface area contributed by atoms with Gasteiger partial charge in [-0.15, -0.1) is 10.2 Å². The number of nitrogens with zero attached hydrogens (tertiary/aromatic N) is 4. The van der Waals surface area contributed by atoms with E-state index in [2.05, 4.69) is 21.2 Å². The van der Waals surface area contributed by atoms with Gasteiger partial charge in [0, 0.05) is 12.4 Å². The Balaban J connectivity index is 2.21. The molecule has 0 radical (unpaired) electrons. The second-order valence-electron chi connectivity index (χ2n) is 4.02. The van der Waals surface area contributed by atoms with Gasteiger partial charge in [0.2, 0.25) is 0 Å². The lowest BCUT2D eigenvalue weighted by atomic mass is 10.2. The van der Waals surface area contributed by atoms with E-state index in [-0.39, 0.29) is 0 Å². The van der Waals surface area contributed by atoms with Crippen LogP contribution in [-0.2, 0) is 7.05 Å². The van der Waals surface area contributed by atoms with Crippen molar-refractivity contribution in [3.63, 3.8) is 0 Å². The molecule has 2 heterocycles. The average Bonchev–Trinajstić information content (AvgIpc) is 2.70. The van der Waals surface area contributed by atoms with Gasteiger partial charge >= 0.3 is 0 Å². The summed E-state index contributed by atoms with van der Waals surface area (Å²) in [4.78, 5) is 4.60. The minimum atomic E-state index is 0.799. The van der Waals surface area contributed by atoms with Crippen molar-refractivity contribution in [1.82, 2.24) is 19.7 Å². The largest absolute Gasteiger partial charge is 0.313 e. The van der Waals surface area contributed by atoms with Gasteiger partial charge in [-0.2, -0.15) is 0 Å². The molecule has 0 aliphatic rings. The molecule has 4 heteroatoms. The summed E-state index contributed by atoms with van der Waals surface area (Å²) in [6.07, 6.45) is 0. The first-order chi connectivity index (χ1) is 8.25. The molecule has 2 aromatic heterocycles. The van der Waals surface area contributed by atoms with Crippen LogP contribution in [0.3, 0.4) is 0 Å². The minimum absolute atomic E-state index is 0.799. The van der Waals surface area contributed by atoms with Crippen molar-refractivity contribution in [1.29, 1.82) is 0 Å². The highest BCUT2D eigenvalue weighted by atomic mass is 15.3. The Bertz CT molecular complexity index is 685. The van der Waals surface area contributed by atoms with Crippen LogP contribution in [0.5, 0.6) is 0 Å². The summed E-state index contributed by atoms with van der Waals surface area (Å²) in [7, 11) is 1.95. The third-order valence-corrected chi connectivity index (χ3v) is 2.92. The number of aromatic nitrogens is 4. The SMILES string of the molecule is Cc1nnc(-c2ccc3ccccc3n2)n1C. The van der Waals surface area contributed by atoms with Gasteiger partial charge in [0.15, 0.2) is 5.82 Å². The summed E-state index contributed by atoms with van der Waals surface area (Å²) >= 11 is 0. The van der Waals surface area contributed by atoms with Crippen molar-refractivity contribution < 1.29 is 0 Å². The van der Waals surface area contributed by atoms with Crippen LogP contribution in [0.15, 0.2) is 36.4 Å². The summed E-state index contributed by atoms with van der Waals surface area (Å²) in [5.74, 6) is 1.68. The van der Waals surface area contributed by atoms with E-state index in [0.29, 0.717) is 0 Å². The molecule has 0 aliphatic heterocycles. The summed E-state index contributed by atoms with van der Waals surface area (Å²) in [5.41, 5.74) is 1.83. The van der Waals surface area contributed by atoms with Gasteiger partial charge in [-0.25, -0.2) is 4.98 Å². The molecule has 4 nitrogen and oxygen atoms in total. The number of rotatable bonds is 1. The lowest BCUT2D eigenvalue weighted by Gasteiger charge is -2.02. The van der Waals surface area contributed by atoms with E-state index in [0.717, 1.165) is 28.2 Å². The molecule has 0 saturated heterocycles. The number of benzene rings is 1. The third-order valence-electron chi connectivity index (χ3n) is 2.92. The van der Waals surface area contributed by atoms with E-state index in [1.807, 2.05) is 48.9 Å². The Morgan fingerprint density at radius 3 is 2.59 bits per heavy atom. The number of hydrogen-bond acceptors (Lipinski definition) is 3. The van der Waals surface area contributed by atoms with Crippen molar-refractivity contribution in [2.45, 2.75) is 6.92 Å². The molecule has 0 saturated carbocycles. The molecule has 1 aromatic carbocycles. The molecule has 17 heavy (non-hydrogen) atoms. The molecule has 84 valence electrons. The number of hydrogen-bond donors (Lipinski definition) is 0. The van der Waals surface area contributed by atoms with E-state index in [1.54, 1.807) is 0 Å². The minimum Gasteiger partial charge on any atom is -0.313 e. The molecule has 0 atom stereocenters. The fourth-order valence-electron chi connectivity index (χ4n) is 1.82. The Hall–Kier alpha value is -2.23. The van der Waals surface area contributed by atoms with Gasteiger partial charge in [0.1, 0.15) is 11.5 Å². The molecule has 0 fully saturated rings. The topological polar surface area (TPSA) is 43.6 Å². The molecule has 0 aliphatic carbocycles. The zero-order chi connectivity index (χ0) is 11.8. The van der Waals surface area contributed by atoms with Crippen LogP contribution in [-0.4, -0.2) is 19.7 Å². The molecule has 0 unspecified atom stereocenters. The van der Waals surface area contributed by atoms with Crippen LogP contribution in [0, 0.1) is 6.92 Å². The molecule has 0 bridgehead atoms. The smallest absolute Gasteiger partial charge is 0.182 e. The highest BCUT2D eigenvalue weighted by molar-refractivity contribution is 5.80. The van der Waals surface area contributed by atoms with Gasteiger partial charge in [-0.05, 0) is 19.1 Å². The standard InChI is InChI=1S/C13H12N4/c1-9-15-16-13(17(9)2)12-8-7-10-5-3-4-6-11(10)14-12/h3-8H,1-2H3. The van der Waals surface area contributed by atoms with Gasteiger partial charge in [0.25, 0.3) is 0 Å². The fourth-order valence-corrected chi connectivity index (χ4v) is 1.82. The van der Waals surface area contributed by atoms with Crippen molar-refractivity contribution in [2.75, 3.05) is 0 Å². The van der Waals surface area contributed by atoms with Crippen molar-refractivity contribution >= 4 is 10.9 Å². The van der Waals surface area contributed by atoms with Gasteiger partial charge in [0.05, 0.1) is 5.52 Å². The quantitative estimate of drug-likeness (QED) is 0.637. The molecule has 0 N–H and O–H groups in total. The number of fused-ring (bicyclic) bond motifs is 1. The summed E-state index contributed by atoms with van der Waals surface area (Å²) in [6, 6.07) is 12.1. The first-order valence-electron chi connectivity index (χ1n) is 5.48. The van der Waals surface area contributed by atoms with Crippen LogP contribution < -0.4 is 0 Å². The third kappa shape index (κ3) is 1.58. The van der Waals surface area contributed by atoms with Crippen LogP contribution in [0.1, 0.15) is 5.82 Å². The van der Waals surface area contributed by atoms with Crippen LogP contribution in [0.25, 0.3) is 22.4 Å². The van der Waals surface area contributed by atoms with E-state index < -0.39 is 0 Å². The molecule has 3 rings (SSSR count). The van der Waals surface area contributed by atoms with E-state index >= 15 is 0 Å². The van der Waals surface area contributed by atoms with Crippen LogP contribution in [0.4, 0.5) is 0 Å². The van der Waals surface area contributed by atoms with Crippen molar-refractivity contribution in [2.24, 2.45) is 7.05 Å². The Labute approximate surface area is 98.9 Å². The zero-order valence-corrected chi connectivity index (χ0v) is 9.75. The maximum absolute atomic E-state index is 4.60. The molecule has 3 aromatic rings. The Kier molecular flexibility index (Phi) is 2.14. The average molecular weight is 224 g/mol. The van der Waals surface area contributed by atoms with Gasteiger partial charge < -0.3 is 4.57 Å². The second-order valence-corrected chi connectivity index (χ2v) is 4.02. The number of para-hydroxylation sites is 1. The van der Waals surface area contributed by atoms with E-state index in [9.17, 15) is 0 Å². The molecular formula is C13H12N4. The first kappa shape index (κ1) is 9.96. The Morgan fingerprint density at radius 1 is 1.00 bits per heavy atom. The van der Waals surface area contributed by atoms with Gasteiger partial charge in [-0.1, -0.05) is 24.3 Å². The monoisotopic (exact) mass is 224 g/mol. The first-order valence-corrected chi connectivity index (χ1v) is 5.48. The summed E-state index contributed by atoms with van der Waals surface area (Å²) in [6.45, 7) is 1.93. The highest BCUT2D eigenvalue weighted by Gasteiger charge is 2.09. The Morgan fingerprint density at radius 2 is 1.82 bits per heavy atom. The number of aryl methyl sites for hydroxylation is 1. The fraction of sp³-hybridized carbons (Fsp3) is 0.154. The molecule has 0 amide bonds. The number of pyridine rings is 1. The maximum atomic E-state index is 4.60. The van der Waals surface area contributed by atoms with Crippen molar-refractivity contribution in [3.05, 3.63) is 42.2 Å². The lowest BCUT2D eigenvalue weighted by Crippen LogP contribution is -1.96. The van der Waals surface area contributed by atoms with Crippen LogP contribution in [0.2, 0.25) is 0 Å². The maximum Gasteiger partial charge on any atom is 0.182 e. The zero-order valence-electron chi connectivity index (χ0n) is 9.75. The molecule has 0 spiro atoms. The second kappa shape index (κ2) is 3.66. The normalized spacial score (nSPS) is 10.9.